The smallest absolute Gasteiger partial charge is 0.143 e. The highest BCUT2D eigenvalue weighted by molar-refractivity contribution is 6.24. The summed E-state index contributed by atoms with van der Waals surface area (Å²) in [5.74, 6) is 0.246. The minimum Gasteiger partial charge on any atom is -0.455 e. The summed E-state index contributed by atoms with van der Waals surface area (Å²) >= 11 is 0. The van der Waals surface area contributed by atoms with Crippen molar-refractivity contribution in [2.24, 2.45) is 0 Å². The predicted octanol–water partition coefficient (Wildman–Crippen LogP) is 13.3. The van der Waals surface area contributed by atoms with Crippen LogP contribution in [0.25, 0.3) is 99.2 Å². The van der Waals surface area contributed by atoms with Gasteiger partial charge in [-0.1, -0.05) is 158 Å². The second-order valence-electron chi connectivity index (χ2n) is 12.0. The molecule has 2 nitrogen and oxygen atoms in total. The van der Waals surface area contributed by atoms with Crippen molar-refractivity contribution in [1.82, 2.24) is 0 Å². The fourth-order valence-corrected chi connectivity index (χ4v) is 7.35. The van der Waals surface area contributed by atoms with E-state index >= 15 is 0 Å². The lowest BCUT2D eigenvalue weighted by Crippen LogP contribution is -1.91. The molecule has 2 heterocycles. The van der Waals surface area contributed by atoms with Crippen molar-refractivity contribution in [2.75, 3.05) is 0 Å². The Labute approximate surface area is 284 Å². The molecule has 0 saturated heterocycles. The third-order valence-electron chi connectivity index (χ3n) is 9.39. The first-order valence-electron chi connectivity index (χ1n) is 18.4. The SMILES string of the molecule is [2H]c1c([2H])c([2H])c(-c2oc3ccccc3c2-c2ccc(-c3c4ccccc4c(-c4cccc5c4oc4ccccc45)c4ccccc34)cc2)c([2H])c1[2H]. The van der Waals surface area contributed by atoms with E-state index < -0.39 is 18.1 Å². The van der Waals surface area contributed by atoms with Crippen LogP contribution in [0.3, 0.4) is 0 Å². The van der Waals surface area contributed by atoms with Crippen molar-refractivity contribution >= 4 is 54.5 Å². The summed E-state index contributed by atoms with van der Waals surface area (Å²) in [7, 11) is 0. The molecule has 2 aromatic heterocycles. The highest BCUT2D eigenvalue weighted by atomic mass is 16.3. The molecule has 0 spiro atoms. The molecule has 10 rings (SSSR count). The second-order valence-corrected chi connectivity index (χ2v) is 12.0. The molecule has 0 amide bonds. The number of rotatable bonds is 4. The maximum absolute atomic E-state index is 8.72. The molecular weight excluding hydrogens is 585 g/mol. The van der Waals surface area contributed by atoms with Gasteiger partial charge in [-0.05, 0) is 50.4 Å². The van der Waals surface area contributed by atoms with Gasteiger partial charge in [0.2, 0.25) is 0 Å². The lowest BCUT2D eigenvalue weighted by molar-refractivity contribution is 0.632. The van der Waals surface area contributed by atoms with E-state index in [-0.39, 0.29) is 23.4 Å². The van der Waals surface area contributed by atoms with Crippen LogP contribution in [0.15, 0.2) is 179 Å². The molecule has 0 bridgehead atoms. The number of fused-ring (bicyclic) bond motifs is 6. The van der Waals surface area contributed by atoms with Gasteiger partial charge in [-0.15, -0.1) is 0 Å². The maximum atomic E-state index is 8.72. The van der Waals surface area contributed by atoms with Crippen molar-refractivity contribution in [3.63, 3.8) is 0 Å². The molecule has 0 aliphatic heterocycles. The molecule has 48 heavy (non-hydrogen) atoms. The van der Waals surface area contributed by atoms with E-state index in [1.807, 2.05) is 54.6 Å². The monoisotopic (exact) mass is 617 g/mol. The third kappa shape index (κ3) is 4.00. The summed E-state index contributed by atoms with van der Waals surface area (Å²) in [5, 5.41) is 7.41. The van der Waals surface area contributed by atoms with Crippen LogP contribution in [0, 0.1) is 0 Å². The maximum Gasteiger partial charge on any atom is 0.143 e. The van der Waals surface area contributed by atoms with E-state index in [4.69, 9.17) is 15.7 Å². The minimum absolute atomic E-state index is 0.0401. The fourth-order valence-electron chi connectivity index (χ4n) is 7.35. The highest BCUT2D eigenvalue weighted by Gasteiger charge is 2.21. The fraction of sp³-hybridized carbons (Fsp3) is 0. The first-order valence-corrected chi connectivity index (χ1v) is 15.9. The van der Waals surface area contributed by atoms with E-state index in [0.717, 1.165) is 76.7 Å². The Morgan fingerprint density at radius 3 is 1.50 bits per heavy atom. The van der Waals surface area contributed by atoms with Crippen molar-refractivity contribution in [3.05, 3.63) is 170 Å². The summed E-state index contributed by atoms with van der Waals surface area (Å²) in [6, 6.07) is 45.5. The zero-order valence-electron chi connectivity index (χ0n) is 30.6. The van der Waals surface area contributed by atoms with Gasteiger partial charge in [0, 0.05) is 38.4 Å². The molecule has 0 aliphatic carbocycles. The lowest BCUT2D eigenvalue weighted by Gasteiger charge is -2.18. The lowest BCUT2D eigenvalue weighted by atomic mass is 9.85. The van der Waals surface area contributed by atoms with Crippen LogP contribution in [-0.4, -0.2) is 0 Å². The normalized spacial score (nSPS) is 13.2. The van der Waals surface area contributed by atoms with Crippen LogP contribution in [0.2, 0.25) is 0 Å². The molecule has 0 N–H and O–H groups in total. The van der Waals surface area contributed by atoms with E-state index in [1.54, 1.807) is 0 Å². The third-order valence-corrected chi connectivity index (χ3v) is 9.39. The molecule has 0 unspecified atom stereocenters. The second kappa shape index (κ2) is 10.6. The Bertz CT molecular complexity index is 3030. The van der Waals surface area contributed by atoms with Gasteiger partial charge in [-0.2, -0.15) is 0 Å². The zero-order chi connectivity index (χ0) is 36.0. The number of para-hydroxylation sites is 3. The Kier molecular flexibility index (Phi) is 4.89. The summed E-state index contributed by atoms with van der Waals surface area (Å²) in [4.78, 5) is 0. The quantitative estimate of drug-likeness (QED) is 0.184. The van der Waals surface area contributed by atoms with Gasteiger partial charge >= 0.3 is 0 Å². The number of benzene rings is 8. The van der Waals surface area contributed by atoms with Crippen LogP contribution in [0.1, 0.15) is 6.85 Å². The summed E-state index contributed by atoms with van der Waals surface area (Å²) in [5.41, 5.74) is 8.10. The van der Waals surface area contributed by atoms with Crippen molar-refractivity contribution in [3.8, 4) is 44.7 Å². The molecule has 0 radical (unpaired) electrons. The average molecular weight is 618 g/mol. The summed E-state index contributed by atoms with van der Waals surface area (Å²) in [6.07, 6.45) is 0. The minimum atomic E-state index is -0.439. The number of furan rings is 2. The molecular formula is C46H28O2. The molecule has 0 saturated carbocycles. The van der Waals surface area contributed by atoms with E-state index in [1.165, 1.54) is 0 Å². The van der Waals surface area contributed by atoms with E-state index in [2.05, 4.69) is 84.9 Å². The van der Waals surface area contributed by atoms with Gasteiger partial charge in [0.15, 0.2) is 0 Å². The van der Waals surface area contributed by atoms with Crippen LogP contribution < -0.4 is 0 Å². The highest BCUT2D eigenvalue weighted by Crippen LogP contribution is 2.47. The molecule has 0 fully saturated rings. The summed E-state index contributed by atoms with van der Waals surface area (Å²) < 4.78 is 55.1. The average Bonchev–Trinajstić information content (AvgIpc) is 3.77. The number of hydrogen-bond acceptors (Lipinski definition) is 2. The topological polar surface area (TPSA) is 26.3 Å². The van der Waals surface area contributed by atoms with Gasteiger partial charge in [0.05, 0.1) is 6.85 Å². The Morgan fingerprint density at radius 2 is 0.854 bits per heavy atom. The zero-order valence-corrected chi connectivity index (χ0v) is 25.6. The first kappa shape index (κ1) is 22.2. The Hall–Kier alpha value is -6.38. The molecule has 224 valence electrons. The van der Waals surface area contributed by atoms with Gasteiger partial charge in [0.25, 0.3) is 0 Å². The van der Waals surface area contributed by atoms with Crippen molar-refractivity contribution in [1.29, 1.82) is 0 Å². The van der Waals surface area contributed by atoms with Gasteiger partial charge in [-0.25, -0.2) is 0 Å². The summed E-state index contributed by atoms with van der Waals surface area (Å²) in [6.45, 7) is 0. The van der Waals surface area contributed by atoms with Gasteiger partial charge in [-0.3, -0.25) is 0 Å². The van der Waals surface area contributed by atoms with Gasteiger partial charge in [0.1, 0.15) is 22.5 Å². The van der Waals surface area contributed by atoms with E-state index in [0.29, 0.717) is 11.1 Å². The molecule has 2 heteroatoms. The van der Waals surface area contributed by atoms with Gasteiger partial charge < -0.3 is 8.83 Å². The first-order chi connectivity index (χ1) is 25.9. The molecule has 0 aliphatic rings. The Balaban J connectivity index is 1.20. The van der Waals surface area contributed by atoms with Crippen LogP contribution in [0.5, 0.6) is 0 Å². The number of hydrogen-bond donors (Lipinski definition) is 0. The predicted molar refractivity (Wildman–Crippen MR) is 200 cm³/mol. The van der Waals surface area contributed by atoms with Crippen LogP contribution in [-0.2, 0) is 0 Å². The van der Waals surface area contributed by atoms with E-state index in [9.17, 15) is 0 Å². The van der Waals surface area contributed by atoms with Crippen molar-refractivity contribution in [2.45, 2.75) is 0 Å². The van der Waals surface area contributed by atoms with Crippen molar-refractivity contribution < 1.29 is 15.7 Å². The molecule has 10 aromatic rings. The largest absolute Gasteiger partial charge is 0.455 e. The molecule has 8 aromatic carbocycles. The van der Waals surface area contributed by atoms with Crippen LogP contribution in [0.4, 0.5) is 0 Å². The standard InChI is InChI=1S/C46H28O2/c1-2-13-31(14-3-1)45-43(38-20-9-11-24-41(38)47-45)30-27-25-29(26-28-30)42-33-16-4-6-18-35(33)44(36-19-7-5-17-34(36)42)39-22-12-21-37-32-15-8-10-23-40(32)48-46(37)39/h1-28H/i1D,2D,3D,13D,14D. The van der Waals surface area contributed by atoms with Crippen LogP contribution >= 0.6 is 0 Å². The Morgan fingerprint density at radius 1 is 0.354 bits per heavy atom. The molecule has 0 atom stereocenters.